The lowest BCUT2D eigenvalue weighted by molar-refractivity contribution is -0.107. The minimum Gasteiger partial charge on any atom is -0.317 e. The molecule has 2 rings (SSSR count). The minimum absolute atomic E-state index is 0.0446. The van der Waals surface area contributed by atoms with Crippen molar-refractivity contribution in [3.63, 3.8) is 0 Å². The predicted molar refractivity (Wildman–Crippen MR) is 47.9 cm³/mol. The number of hydrogen-bond acceptors (Lipinski definition) is 2. The zero-order valence-electron chi connectivity index (χ0n) is 7.35. The summed E-state index contributed by atoms with van der Waals surface area (Å²) >= 11 is 0. The van der Waals surface area contributed by atoms with Gasteiger partial charge in [0, 0.05) is 13.1 Å². The SMILES string of the molecule is C=CCON1C(=O)N2CC=CC1C2. The molecule has 0 spiro atoms. The van der Waals surface area contributed by atoms with Crippen molar-refractivity contribution < 1.29 is 9.63 Å². The van der Waals surface area contributed by atoms with Crippen LogP contribution in [0.4, 0.5) is 4.79 Å². The van der Waals surface area contributed by atoms with Crippen molar-refractivity contribution in [3.8, 4) is 0 Å². The summed E-state index contributed by atoms with van der Waals surface area (Å²) in [5.74, 6) is 0. The molecule has 0 saturated carbocycles. The summed E-state index contributed by atoms with van der Waals surface area (Å²) in [6, 6.07) is 0.0399. The Hall–Kier alpha value is -1.29. The number of carbonyl (C=O) groups is 1. The molecule has 0 N–H and O–H groups in total. The van der Waals surface area contributed by atoms with E-state index in [2.05, 4.69) is 6.58 Å². The first-order valence-electron chi connectivity index (χ1n) is 4.31. The van der Waals surface area contributed by atoms with E-state index in [0.717, 1.165) is 6.54 Å². The van der Waals surface area contributed by atoms with Crippen molar-refractivity contribution in [1.82, 2.24) is 9.96 Å². The second-order valence-electron chi connectivity index (χ2n) is 3.09. The van der Waals surface area contributed by atoms with E-state index in [1.54, 1.807) is 11.0 Å². The third kappa shape index (κ3) is 1.33. The van der Waals surface area contributed by atoms with Crippen LogP contribution in [0.3, 0.4) is 0 Å². The first kappa shape index (κ1) is 8.31. The van der Waals surface area contributed by atoms with E-state index >= 15 is 0 Å². The maximum Gasteiger partial charge on any atom is 0.344 e. The Bertz CT molecular complexity index is 262. The zero-order valence-corrected chi connectivity index (χ0v) is 7.35. The van der Waals surface area contributed by atoms with Gasteiger partial charge in [-0.05, 0) is 0 Å². The molecule has 0 aromatic rings. The highest BCUT2D eigenvalue weighted by Gasteiger charge is 2.38. The van der Waals surface area contributed by atoms with E-state index in [-0.39, 0.29) is 12.1 Å². The lowest BCUT2D eigenvalue weighted by Crippen LogP contribution is -2.33. The fourth-order valence-electron chi connectivity index (χ4n) is 1.58. The number of carbonyl (C=O) groups excluding carboxylic acids is 1. The van der Waals surface area contributed by atoms with E-state index in [1.807, 2.05) is 12.2 Å². The van der Waals surface area contributed by atoms with Crippen molar-refractivity contribution in [2.24, 2.45) is 0 Å². The van der Waals surface area contributed by atoms with Crippen LogP contribution in [-0.2, 0) is 4.84 Å². The Morgan fingerprint density at radius 1 is 1.77 bits per heavy atom. The number of hydrogen-bond donors (Lipinski definition) is 0. The van der Waals surface area contributed by atoms with Crippen molar-refractivity contribution in [1.29, 1.82) is 0 Å². The van der Waals surface area contributed by atoms with Gasteiger partial charge in [-0.1, -0.05) is 18.2 Å². The standard InChI is InChI=1S/C9H12N2O2/c1-2-6-13-11-8-4-3-5-10(7-8)9(11)12/h2-4,8H,1,5-7H2. The van der Waals surface area contributed by atoms with Gasteiger partial charge in [-0.3, -0.25) is 4.84 Å². The number of rotatable bonds is 3. The monoisotopic (exact) mass is 180 g/mol. The number of hydroxylamine groups is 2. The molecule has 2 aliphatic rings. The van der Waals surface area contributed by atoms with Crippen molar-refractivity contribution in [2.45, 2.75) is 6.04 Å². The lowest BCUT2D eigenvalue weighted by atomic mass is 10.2. The lowest BCUT2D eigenvalue weighted by Gasteiger charge is -2.17. The molecule has 1 saturated heterocycles. The quantitative estimate of drug-likeness (QED) is 0.601. The van der Waals surface area contributed by atoms with Crippen LogP contribution in [0.5, 0.6) is 0 Å². The maximum absolute atomic E-state index is 11.5. The molecule has 0 aromatic carbocycles. The van der Waals surface area contributed by atoms with Crippen LogP contribution in [0.25, 0.3) is 0 Å². The highest BCUT2D eigenvalue weighted by molar-refractivity contribution is 5.77. The van der Waals surface area contributed by atoms with Gasteiger partial charge >= 0.3 is 6.03 Å². The van der Waals surface area contributed by atoms with E-state index in [0.29, 0.717) is 13.2 Å². The van der Waals surface area contributed by atoms with Gasteiger partial charge in [0.25, 0.3) is 0 Å². The largest absolute Gasteiger partial charge is 0.344 e. The van der Waals surface area contributed by atoms with Crippen LogP contribution in [0.2, 0.25) is 0 Å². The molecule has 2 bridgehead atoms. The Labute approximate surface area is 77.0 Å². The van der Waals surface area contributed by atoms with Crippen molar-refractivity contribution in [3.05, 3.63) is 24.8 Å². The molecule has 2 aliphatic heterocycles. The summed E-state index contributed by atoms with van der Waals surface area (Å²) in [6.45, 7) is 5.36. The maximum atomic E-state index is 11.5. The van der Waals surface area contributed by atoms with Gasteiger partial charge in [0.1, 0.15) is 0 Å². The zero-order chi connectivity index (χ0) is 9.26. The van der Waals surface area contributed by atoms with Gasteiger partial charge < -0.3 is 4.90 Å². The van der Waals surface area contributed by atoms with Gasteiger partial charge in [0.15, 0.2) is 0 Å². The van der Waals surface area contributed by atoms with E-state index in [9.17, 15) is 4.79 Å². The van der Waals surface area contributed by atoms with Gasteiger partial charge in [-0.25, -0.2) is 4.79 Å². The summed E-state index contributed by atoms with van der Waals surface area (Å²) in [5, 5.41) is 1.42. The van der Waals surface area contributed by atoms with Gasteiger partial charge in [-0.2, -0.15) is 5.06 Å². The second kappa shape index (κ2) is 3.22. The number of nitrogens with zero attached hydrogens (tertiary/aromatic N) is 2. The van der Waals surface area contributed by atoms with Crippen molar-refractivity contribution in [2.75, 3.05) is 19.7 Å². The van der Waals surface area contributed by atoms with E-state index in [1.165, 1.54) is 5.06 Å². The number of amides is 2. The molecule has 2 amide bonds. The molecule has 1 atom stereocenters. The number of fused-ring (bicyclic) bond motifs is 2. The third-order valence-electron chi connectivity index (χ3n) is 2.18. The van der Waals surface area contributed by atoms with E-state index < -0.39 is 0 Å². The van der Waals surface area contributed by atoms with Crippen molar-refractivity contribution >= 4 is 6.03 Å². The molecule has 2 heterocycles. The molecule has 0 aliphatic carbocycles. The summed E-state index contributed by atoms with van der Waals surface area (Å²) in [7, 11) is 0. The third-order valence-corrected chi connectivity index (χ3v) is 2.18. The second-order valence-corrected chi connectivity index (χ2v) is 3.09. The summed E-state index contributed by atoms with van der Waals surface area (Å²) in [4.78, 5) is 18.6. The molecule has 0 radical (unpaired) electrons. The molecule has 1 fully saturated rings. The van der Waals surface area contributed by atoms with Crippen LogP contribution in [-0.4, -0.2) is 41.7 Å². The average Bonchev–Trinajstić information content (AvgIpc) is 2.37. The van der Waals surface area contributed by atoms with Crippen LogP contribution in [0.1, 0.15) is 0 Å². The Morgan fingerprint density at radius 2 is 2.62 bits per heavy atom. The van der Waals surface area contributed by atoms with Crippen LogP contribution >= 0.6 is 0 Å². The highest BCUT2D eigenvalue weighted by atomic mass is 16.7. The summed E-state index contributed by atoms with van der Waals surface area (Å²) in [6.07, 6.45) is 5.63. The molecule has 13 heavy (non-hydrogen) atoms. The highest BCUT2D eigenvalue weighted by Crippen LogP contribution is 2.20. The normalized spacial score (nSPS) is 25.5. The van der Waals surface area contributed by atoms with Crippen LogP contribution < -0.4 is 0 Å². The summed E-state index contributed by atoms with van der Waals surface area (Å²) < 4.78 is 0. The predicted octanol–water partition coefficient (Wildman–Crippen LogP) is 0.780. The molecular formula is C9H12N2O2. The Kier molecular flexibility index (Phi) is 2.06. The van der Waals surface area contributed by atoms with E-state index in [4.69, 9.17) is 4.84 Å². The van der Waals surface area contributed by atoms with Gasteiger partial charge in [0.2, 0.25) is 0 Å². The molecule has 0 aromatic heterocycles. The van der Waals surface area contributed by atoms with Crippen LogP contribution in [0, 0.1) is 0 Å². The molecular weight excluding hydrogens is 168 g/mol. The fraction of sp³-hybridized carbons (Fsp3) is 0.444. The molecule has 70 valence electrons. The Balaban J connectivity index is 2.06. The molecule has 1 unspecified atom stereocenters. The average molecular weight is 180 g/mol. The van der Waals surface area contributed by atoms with Gasteiger partial charge in [0.05, 0.1) is 12.6 Å². The first-order valence-corrected chi connectivity index (χ1v) is 4.31. The summed E-state index contributed by atoms with van der Waals surface area (Å²) in [5.41, 5.74) is 0. The Morgan fingerprint density at radius 3 is 3.31 bits per heavy atom. The van der Waals surface area contributed by atoms with Gasteiger partial charge in [-0.15, -0.1) is 6.58 Å². The smallest absolute Gasteiger partial charge is 0.317 e. The topological polar surface area (TPSA) is 32.8 Å². The molecule has 4 heteroatoms. The minimum atomic E-state index is -0.0446. The molecule has 4 nitrogen and oxygen atoms in total. The fourth-order valence-corrected chi connectivity index (χ4v) is 1.58. The first-order chi connectivity index (χ1) is 6.33. The number of urea groups is 1. The van der Waals surface area contributed by atoms with Crippen LogP contribution in [0.15, 0.2) is 24.8 Å².